The highest BCUT2D eigenvalue weighted by atomic mass is 31.2. The Morgan fingerprint density at radius 2 is 0.762 bits per heavy atom. The zero-order valence-corrected chi connectivity index (χ0v) is 54.5. The van der Waals surface area contributed by atoms with Gasteiger partial charge >= 0.3 is 13.8 Å². The van der Waals surface area contributed by atoms with Gasteiger partial charge < -0.3 is 19.4 Å². The molecular weight excluding hydrogens is 1010 g/mol. The molecule has 3 unspecified atom stereocenters. The van der Waals surface area contributed by atoms with Crippen LogP contribution in [0.4, 0.5) is 0 Å². The molecular formula is C70H132N2O7P+. The molecule has 0 aromatic rings. The second-order valence-electron chi connectivity index (χ2n) is 24.3. The number of quaternary nitrogens is 1. The van der Waals surface area contributed by atoms with Crippen LogP contribution in [-0.4, -0.2) is 74.3 Å². The summed E-state index contributed by atoms with van der Waals surface area (Å²) in [6.45, 7) is 7.00. The number of unbranched alkanes of at least 4 members (excludes halogenated alkanes) is 38. The first-order valence-corrected chi connectivity index (χ1v) is 35.6. The van der Waals surface area contributed by atoms with Gasteiger partial charge in [0.05, 0.1) is 33.8 Å². The first kappa shape index (κ1) is 77.7. The molecule has 1 amide bonds. The maximum atomic E-state index is 13.6. The molecule has 10 heteroatoms. The van der Waals surface area contributed by atoms with E-state index in [1.807, 2.05) is 33.3 Å². The summed E-state index contributed by atoms with van der Waals surface area (Å²) in [7, 11) is 1.50. The van der Waals surface area contributed by atoms with Gasteiger partial charge in [0.2, 0.25) is 5.91 Å². The minimum Gasteiger partial charge on any atom is -0.456 e. The van der Waals surface area contributed by atoms with E-state index in [4.69, 9.17) is 13.8 Å². The van der Waals surface area contributed by atoms with Gasteiger partial charge in [-0.15, -0.1) is 0 Å². The van der Waals surface area contributed by atoms with Crippen LogP contribution in [0.1, 0.15) is 323 Å². The summed E-state index contributed by atoms with van der Waals surface area (Å²) in [5.41, 5.74) is 0. The first-order valence-electron chi connectivity index (χ1n) is 34.1. The quantitative estimate of drug-likeness (QED) is 0.0205. The average Bonchev–Trinajstić information content (AvgIpc) is 3.43. The molecule has 0 aromatic heterocycles. The summed E-state index contributed by atoms with van der Waals surface area (Å²) < 4.78 is 30.7. The molecule has 0 heterocycles. The Bertz CT molecular complexity index is 1550. The van der Waals surface area contributed by atoms with Crippen molar-refractivity contribution in [3.63, 3.8) is 0 Å². The molecule has 468 valence electrons. The minimum atomic E-state index is -4.45. The van der Waals surface area contributed by atoms with Crippen molar-refractivity contribution in [2.75, 3.05) is 40.9 Å². The van der Waals surface area contributed by atoms with Crippen LogP contribution >= 0.6 is 7.82 Å². The number of carbonyl (C=O) groups is 2. The Hall–Kier alpha value is -2.29. The lowest BCUT2D eigenvalue weighted by atomic mass is 10.0. The number of hydrogen-bond acceptors (Lipinski definition) is 6. The Kier molecular flexibility index (Phi) is 58.1. The van der Waals surface area contributed by atoms with E-state index in [1.54, 1.807) is 0 Å². The van der Waals surface area contributed by atoms with Crippen LogP contribution in [0.15, 0.2) is 60.8 Å². The number of allylic oxidation sites excluding steroid dienone is 9. The molecule has 0 aliphatic rings. The number of likely N-dealkylation sites (N-methyl/N-ethyl adjacent to an activating group) is 1. The normalized spacial score (nSPS) is 13.9. The van der Waals surface area contributed by atoms with Gasteiger partial charge in [-0.3, -0.25) is 18.6 Å². The summed E-state index contributed by atoms with van der Waals surface area (Å²) in [6.07, 6.45) is 76.6. The van der Waals surface area contributed by atoms with E-state index in [0.717, 1.165) is 89.9 Å². The topological polar surface area (TPSA) is 111 Å². The molecule has 0 aliphatic carbocycles. The monoisotopic (exact) mass is 1140 g/mol. The van der Waals surface area contributed by atoms with Gasteiger partial charge in [-0.05, 0) is 96.0 Å². The maximum absolute atomic E-state index is 13.6. The lowest BCUT2D eigenvalue weighted by Gasteiger charge is -2.27. The first-order chi connectivity index (χ1) is 38.9. The van der Waals surface area contributed by atoms with E-state index in [1.165, 1.54) is 199 Å². The molecule has 0 saturated carbocycles. The van der Waals surface area contributed by atoms with Crippen molar-refractivity contribution in [2.45, 2.75) is 335 Å². The van der Waals surface area contributed by atoms with E-state index in [0.29, 0.717) is 17.4 Å². The van der Waals surface area contributed by atoms with Crippen LogP contribution in [-0.2, 0) is 27.9 Å². The molecule has 0 bridgehead atoms. The van der Waals surface area contributed by atoms with E-state index in [9.17, 15) is 19.0 Å². The van der Waals surface area contributed by atoms with Crippen molar-refractivity contribution in [1.29, 1.82) is 0 Å². The van der Waals surface area contributed by atoms with Gasteiger partial charge in [0.25, 0.3) is 0 Å². The van der Waals surface area contributed by atoms with E-state index >= 15 is 0 Å². The summed E-state index contributed by atoms with van der Waals surface area (Å²) in [5, 5.41) is 3.06. The molecule has 0 fully saturated rings. The second-order valence-corrected chi connectivity index (χ2v) is 25.8. The predicted molar refractivity (Wildman–Crippen MR) is 346 cm³/mol. The molecule has 0 radical (unpaired) electrons. The molecule has 9 nitrogen and oxygen atoms in total. The van der Waals surface area contributed by atoms with Crippen LogP contribution in [0.5, 0.6) is 0 Å². The van der Waals surface area contributed by atoms with Gasteiger partial charge in [-0.25, -0.2) is 4.57 Å². The molecule has 0 spiro atoms. The third-order valence-electron chi connectivity index (χ3n) is 15.2. The van der Waals surface area contributed by atoms with Crippen molar-refractivity contribution in [2.24, 2.45) is 0 Å². The van der Waals surface area contributed by atoms with E-state index in [2.05, 4.69) is 74.7 Å². The van der Waals surface area contributed by atoms with Crippen LogP contribution in [0.3, 0.4) is 0 Å². The smallest absolute Gasteiger partial charge is 0.456 e. The molecule has 0 rings (SSSR count). The number of hydrogen-bond donors (Lipinski definition) is 2. The van der Waals surface area contributed by atoms with Crippen LogP contribution in [0.25, 0.3) is 0 Å². The van der Waals surface area contributed by atoms with Crippen LogP contribution in [0.2, 0.25) is 0 Å². The SMILES string of the molecule is CCCCC/C=C\C/C=C\C/C=C\CCCCCCCCCCCCCCCCC(=O)OC(/C=C\CCCCCCCCCCC)C(COP(=O)(O)OCC[N+](C)(C)C)NC(=O)CCCCCCC/C=C/CCCCCCCCC. The van der Waals surface area contributed by atoms with Gasteiger partial charge in [0.15, 0.2) is 0 Å². The average molecular weight is 1140 g/mol. The molecule has 80 heavy (non-hydrogen) atoms. The van der Waals surface area contributed by atoms with Gasteiger partial charge in [-0.2, -0.15) is 0 Å². The Morgan fingerprint density at radius 3 is 1.18 bits per heavy atom. The molecule has 2 N–H and O–H groups in total. The molecule has 0 saturated heterocycles. The number of phosphoric acid groups is 1. The highest BCUT2D eigenvalue weighted by Crippen LogP contribution is 2.43. The summed E-state index contributed by atoms with van der Waals surface area (Å²) in [6, 6.07) is -0.852. The number of phosphoric ester groups is 1. The number of ether oxygens (including phenoxy) is 1. The summed E-state index contributed by atoms with van der Waals surface area (Å²) in [5.74, 6) is -0.506. The van der Waals surface area contributed by atoms with Gasteiger partial charge in [0.1, 0.15) is 19.3 Å². The fraction of sp³-hybridized carbons (Fsp3) is 0.829. The largest absolute Gasteiger partial charge is 0.472 e. The number of amides is 1. The number of nitrogens with zero attached hydrogens (tertiary/aromatic N) is 1. The zero-order chi connectivity index (χ0) is 58.6. The summed E-state index contributed by atoms with van der Waals surface area (Å²) in [4.78, 5) is 37.8. The van der Waals surface area contributed by atoms with Gasteiger partial charge in [-0.1, -0.05) is 275 Å². The van der Waals surface area contributed by atoms with Crippen molar-refractivity contribution in [1.82, 2.24) is 5.32 Å². The molecule has 3 atom stereocenters. The molecule has 0 aliphatic heterocycles. The van der Waals surface area contributed by atoms with Crippen molar-refractivity contribution in [3.05, 3.63) is 60.8 Å². The van der Waals surface area contributed by atoms with Crippen LogP contribution in [0, 0.1) is 0 Å². The zero-order valence-electron chi connectivity index (χ0n) is 53.6. The highest BCUT2D eigenvalue weighted by molar-refractivity contribution is 7.47. The summed E-state index contributed by atoms with van der Waals surface area (Å²) >= 11 is 0. The number of carbonyl (C=O) groups excluding carboxylic acids is 2. The number of esters is 1. The minimum absolute atomic E-state index is 0.0387. The maximum Gasteiger partial charge on any atom is 0.472 e. The number of rotatable bonds is 62. The Balaban J connectivity index is 5.01. The highest BCUT2D eigenvalue weighted by Gasteiger charge is 2.30. The standard InChI is InChI=1S/C70H131N2O7P/c1-7-10-13-16-19-22-25-27-29-31-32-33-34-35-36-37-38-39-40-41-43-45-48-51-54-57-60-63-70(74)79-68(61-58-55-52-49-46-24-21-18-15-12-9-3)67(66-78-80(75,76)77-65-64-72(4,5)6)71-69(73)62-59-56-53-50-47-44-42-30-28-26-23-20-17-14-11-8-2/h19,22,27,29-30,32-33,42,58,61,67-68H,7-18,20-21,23-26,28,31,34-41,43-57,59-60,62-66H2,1-6H3,(H-,71,73,75,76)/p+1/b22-19-,29-27-,33-32-,42-30+,61-58-. The Morgan fingerprint density at radius 1 is 0.438 bits per heavy atom. The van der Waals surface area contributed by atoms with Gasteiger partial charge in [0, 0.05) is 12.8 Å². The van der Waals surface area contributed by atoms with Crippen molar-refractivity contribution in [3.8, 4) is 0 Å². The lowest BCUT2D eigenvalue weighted by molar-refractivity contribution is -0.870. The van der Waals surface area contributed by atoms with E-state index in [-0.39, 0.29) is 31.5 Å². The fourth-order valence-corrected chi connectivity index (χ4v) is 10.6. The lowest BCUT2D eigenvalue weighted by Crippen LogP contribution is -2.47. The predicted octanol–water partition coefficient (Wildman–Crippen LogP) is 21.4. The van der Waals surface area contributed by atoms with E-state index < -0.39 is 20.0 Å². The van der Waals surface area contributed by atoms with Crippen molar-refractivity contribution < 1.29 is 37.3 Å². The number of nitrogens with one attached hydrogen (secondary N) is 1. The second kappa shape index (κ2) is 59.9. The van der Waals surface area contributed by atoms with Crippen LogP contribution < -0.4 is 5.32 Å². The fourth-order valence-electron chi connectivity index (χ4n) is 9.88. The Labute approximate surface area is 496 Å². The third kappa shape index (κ3) is 60.3. The third-order valence-corrected chi connectivity index (χ3v) is 16.2. The van der Waals surface area contributed by atoms with Crippen molar-refractivity contribution >= 4 is 19.7 Å². The molecule has 0 aromatic carbocycles.